The topological polar surface area (TPSA) is 30.5 Å². The molecule has 0 heterocycles. The minimum absolute atomic E-state index is 0.539. The minimum atomic E-state index is 0.539. The van der Waals surface area contributed by atoms with E-state index in [0.717, 1.165) is 23.6 Å². The van der Waals surface area contributed by atoms with Crippen LogP contribution in [0.5, 0.6) is 11.5 Å². The van der Waals surface area contributed by atoms with Crippen molar-refractivity contribution in [2.24, 2.45) is 0 Å². The van der Waals surface area contributed by atoms with Gasteiger partial charge in [0.1, 0.15) is 24.7 Å². The quantitative estimate of drug-likeness (QED) is 0.785. The van der Waals surface area contributed by atoms with Gasteiger partial charge in [-0.2, -0.15) is 0 Å². The zero-order chi connectivity index (χ0) is 14.2. The minimum Gasteiger partial charge on any atom is -0.490 e. The van der Waals surface area contributed by atoms with Gasteiger partial charge in [0, 0.05) is 6.54 Å². The van der Waals surface area contributed by atoms with Crippen molar-refractivity contribution in [2.75, 3.05) is 20.3 Å². The Morgan fingerprint density at radius 1 is 0.950 bits per heavy atom. The molecule has 2 aromatic rings. The highest BCUT2D eigenvalue weighted by Gasteiger charge is 1.99. The Bertz CT molecular complexity index is 540. The second-order valence-corrected chi connectivity index (χ2v) is 4.64. The number of para-hydroxylation sites is 1. The summed E-state index contributed by atoms with van der Waals surface area (Å²) in [4.78, 5) is 0. The molecule has 0 unspecified atom stereocenters. The Balaban J connectivity index is 1.78. The van der Waals surface area contributed by atoms with Gasteiger partial charge in [0.15, 0.2) is 0 Å². The molecule has 20 heavy (non-hydrogen) atoms. The lowest BCUT2D eigenvalue weighted by molar-refractivity contribution is 0.216. The largest absolute Gasteiger partial charge is 0.490 e. The van der Waals surface area contributed by atoms with E-state index >= 15 is 0 Å². The molecule has 0 fully saturated rings. The van der Waals surface area contributed by atoms with Crippen molar-refractivity contribution in [1.82, 2.24) is 5.32 Å². The SMILES string of the molecule is CNCc1cccc(OCCOc2ccccc2C)c1. The maximum absolute atomic E-state index is 5.70. The number of nitrogens with one attached hydrogen (secondary N) is 1. The Morgan fingerprint density at radius 2 is 1.75 bits per heavy atom. The first kappa shape index (κ1) is 14.4. The molecule has 0 amide bonds. The Hall–Kier alpha value is -2.00. The van der Waals surface area contributed by atoms with Crippen molar-refractivity contribution in [3.05, 3.63) is 59.7 Å². The predicted octanol–water partition coefficient (Wildman–Crippen LogP) is 3.17. The molecule has 2 aromatic carbocycles. The predicted molar refractivity (Wildman–Crippen MR) is 81.4 cm³/mol. The summed E-state index contributed by atoms with van der Waals surface area (Å²) in [5, 5.41) is 3.13. The van der Waals surface area contributed by atoms with Crippen LogP contribution in [0.2, 0.25) is 0 Å². The van der Waals surface area contributed by atoms with Gasteiger partial charge in [-0.15, -0.1) is 0 Å². The lowest BCUT2D eigenvalue weighted by atomic mass is 10.2. The molecule has 0 spiro atoms. The van der Waals surface area contributed by atoms with E-state index in [4.69, 9.17) is 9.47 Å². The fourth-order valence-electron chi connectivity index (χ4n) is 1.98. The fraction of sp³-hybridized carbons (Fsp3) is 0.294. The smallest absolute Gasteiger partial charge is 0.122 e. The lowest BCUT2D eigenvalue weighted by Crippen LogP contribution is -2.10. The maximum Gasteiger partial charge on any atom is 0.122 e. The first-order valence-electron chi connectivity index (χ1n) is 6.84. The number of benzene rings is 2. The second kappa shape index (κ2) is 7.56. The highest BCUT2D eigenvalue weighted by Crippen LogP contribution is 2.16. The van der Waals surface area contributed by atoms with Crippen LogP contribution in [0.25, 0.3) is 0 Å². The van der Waals surface area contributed by atoms with E-state index in [0.29, 0.717) is 13.2 Å². The molecular weight excluding hydrogens is 250 g/mol. The number of hydrogen-bond acceptors (Lipinski definition) is 3. The van der Waals surface area contributed by atoms with Gasteiger partial charge in [-0.3, -0.25) is 0 Å². The lowest BCUT2D eigenvalue weighted by Gasteiger charge is -2.10. The van der Waals surface area contributed by atoms with Crippen LogP contribution in [0.4, 0.5) is 0 Å². The molecule has 1 N–H and O–H groups in total. The van der Waals surface area contributed by atoms with E-state index in [1.807, 2.05) is 56.4 Å². The summed E-state index contributed by atoms with van der Waals surface area (Å²) < 4.78 is 11.4. The molecule has 0 radical (unpaired) electrons. The van der Waals surface area contributed by atoms with Gasteiger partial charge >= 0.3 is 0 Å². The van der Waals surface area contributed by atoms with E-state index in [-0.39, 0.29) is 0 Å². The van der Waals surface area contributed by atoms with Crippen molar-refractivity contribution < 1.29 is 9.47 Å². The summed E-state index contributed by atoms with van der Waals surface area (Å²) in [7, 11) is 1.93. The van der Waals surface area contributed by atoms with Crippen LogP contribution in [0.3, 0.4) is 0 Å². The molecule has 3 nitrogen and oxygen atoms in total. The van der Waals surface area contributed by atoms with Crippen molar-refractivity contribution in [3.63, 3.8) is 0 Å². The number of aryl methyl sites for hydroxylation is 1. The highest BCUT2D eigenvalue weighted by molar-refractivity contribution is 5.31. The fourth-order valence-corrected chi connectivity index (χ4v) is 1.98. The molecule has 0 aliphatic rings. The van der Waals surface area contributed by atoms with Crippen LogP contribution in [-0.4, -0.2) is 20.3 Å². The van der Waals surface area contributed by atoms with Crippen LogP contribution >= 0.6 is 0 Å². The van der Waals surface area contributed by atoms with Crippen LogP contribution in [0.1, 0.15) is 11.1 Å². The van der Waals surface area contributed by atoms with Gasteiger partial charge in [0.25, 0.3) is 0 Å². The van der Waals surface area contributed by atoms with E-state index in [2.05, 4.69) is 11.4 Å². The van der Waals surface area contributed by atoms with Gasteiger partial charge in [0.05, 0.1) is 0 Å². The summed E-state index contributed by atoms with van der Waals surface area (Å²) in [6.45, 7) is 3.97. The van der Waals surface area contributed by atoms with E-state index in [9.17, 15) is 0 Å². The molecule has 0 bridgehead atoms. The Morgan fingerprint density at radius 3 is 2.55 bits per heavy atom. The van der Waals surface area contributed by atoms with Crippen molar-refractivity contribution in [3.8, 4) is 11.5 Å². The molecule has 2 rings (SSSR count). The normalized spacial score (nSPS) is 10.3. The maximum atomic E-state index is 5.70. The average molecular weight is 271 g/mol. The van der Waals surface area contributed by atoms with Gasteiger partial charge in [0.2, 0.25) is 0 Å². The molecular formula is C17H21NO2. The second-order valence-electron chi connectivity index (χ2n) is 4.64. The average Bonchev–Trinajstić information content (AvgIpc) is 2.46. The molecule has 3 heteroatoms. The summed E-state index contributed by atoms with van der Waals surface area (Å²) in [6.07, 6.45) is 0. The van der Waals surface area contributed by atoms with Gasteiger partial charge in [-0.25, -0.2) is 0 Å². The molecule has 0 saturated heterocycles. The first-order valence-corrected chi connectivity index (χ1v) is 6.84. The monoisotopic (exact) mass is 271 g/mol. The van der Waals surface area contributed by atoms with Crippen LogP contribution in [0.15, 0.2) is 48.5 Å². The van der Waals surface area contributed by atoms with Crippen LogP contribution in [-0.2, 0) is 6.54 Å². The van der Waals surface area contributed by atoms with E-state index in [1.165, 1.54) is 5.56 Å². The molecule has 0 saturated carbocycles. The standard InChI is InChI=1S/C17H21NO2/c1-14-6-3-4-9-17(14)20-11-10-19-16-8-5-7-15(12-16)13-18-2/h3-9,12,18H,10-11,13H2,1-2H3. The molecule has 0 atom stereocenters. The third kappa shape index (κ3) is 4.28. The molecule has 0 aromatic heterocycles. The summed E-state index contributed by atoms with van der Waals surface area (Å²) in [5.41, 5.74) is 2.35. The van der Waals surface area contributed by atoms with Crippen molar-refractivity contribution >= 4 is 0 Å². The zero-order valence-electron chi connectivity index (χ0n) is 12.1. The summed E-state index contributed by atoms with van der Waals surface area (Å²) >= 11 is 0. The van der Waals surface area contributed by atoms with Gasteiger partial charge in [-0.05, 0) is 43.3 Å². The third-order valence-electron chi connectivity index (χ3n) is 2.98. The number of ether oxygens (including phenoxy) is 2. The third-order valence-corrected chi connectivity index (χ3v) is 2.98. The molecule has 106 valence electrons. The zero-order valence-corrected chi connectivity index (χ0v) is 12.1. The van der Waals surface area contributed by atoms with Crippen molar-refractivity contribution in [2.45, 2.75) is 13.5 Å². The molecule has 0 aliphatic heterocycles. The Labute approximate surface area is 120 Å². The van der Waals surface area contributed by atoms with E-state index in [1.54, 1.807) is 0 Å². The van der Waals surface area contributed by atoms with Crippen LogP contribution < -0.4 is 14.8 Å². The first-order chi connectivity index (χ1) is 9.79. The van der Waals surface area contributed by atoms with Crippen molar-refractivity contribution in [1.29, 1.82) is 0 Å². The Kier molecular flexibility index (Phi) is 5.44. The highest BCUT2D eigenvalue weighted by atomic mass is 16.5. The molecule has 0 aliphatic carbocycles. The summed E-state index contributed by atoms with van der Waals surface area (Å²) in [5.74, 6) is 1.80. The van der Waals surface area contributed by atoms with Gasteiger partial charge < -0.3 is 14.8 Å². The summed E-state index contributed by atoms with van der Waals surface area (Å²) in [6, 6.07) is 16.1. The van der Waals surface area contributed by atoms with E-state index < -0.39 is 0 Å². The van der Waals surface area contributed by atoms with Crippen LogP contribution in [0, 0.1) is 6.92 Å². The number of rotatable bonds is 7. The van der Waals surface area contributed by atoms with Gasteiger partial charge in [-0.1, -0.05) is 30.3 Å². The number of hydrogen-bond donors (Lipinski definition) is 1.